The van der Waals surface area contributed by atoms with Crippen molar-refractivity contribution in [1.29, 1.82) is 0 Å². The Hall–Kier alpha value is -0.540. The largest absolute Gasteiger partial charge is 2.00 e. The van der Waals surface area contributed by atoms with E-state index in [1.807, 2.05) is 0 Å². The number of cyclic esters (lactones) is 1. The second-order valence-corrected chi connectivity index (χ2v) is 8.36. The number of esters is 1. The van der Waals surface area contributed by atoms with Gasteiger partial charge in [0.05, 0.1) is 6.61 Å². The molecule has 9 heteroatoms. The number of carbonyl (C=O) groups excluding carboxylic acids is 2. The van der Waals surface area contributed by atoms with E-state index in [1.165, 1.54) is 83.5 Å². The van der Waals surface area contributed by atoms with Crippen molar-refractivity contribution < 1.29 is 39.9 Å². The average Bonchev–Trinajstić information content (AvgIpc) is 3.03. The summed E-state index contributed by atoms with van der Waals surface area (Å²) in [5.41, 5.74) is 0. The molecule has 1 heterocycles. The summed E-state index contributed by atoms with van der Waals surface area (Å²) < 4.78 is 4.25. The van der Waals surface area contributed by atoms with E-state index in [0.717, 1.165) is 12.8 Å². The van der Waals surface area contributed by atoms with Crippen LogP contribution < -0.4 is 10.2 Å². The van der Waals surface area contributed by atoms with Crippen molar-refractivity contribution in [2.45, 2.75) is 122 Å². The van der Waals surface area contributed by atoms with E-state index in [2.05, 4.69) is 11.7 Å². The van der Waals surface area contributed by atoms with E-state index in [1.54, 1.807) is 0 Å². The summed E-state index contributed by atoms with van der Waals surface area (Å²) in [6.45, 7) is 1.56. The van der Waals surface area contributed by atoms with Crippen LogP contribution in [0.5, 0.6) is 0 Å². The number of carboxylic acids is 1. The number of aliphatic hydroxyl groups excluding tert-OH is 3. The summed E-state index contributed by atoms with van der Waals surface area (Å²) in [7, 11) is 0. The fourth-order valence-corrected chi connectivity index (χ4v) is 3.45. The van der Waals surface area contributed by atoms with Crippen LogP contribution in [-0.4, -0.2) is 83.8 Å². The maximum atomic E-state index is 10.8. The van der Waals surface area contributed by atoms with Crippen LogP contribution in [0.25, 0.3) is 0 Å². The fourth-order valence-electron chi connectivity index (χ4n) is 3.45. The molecule has 0 saturated carbocycles. The van der Waals surface area contributed by atoms with Crippen LogP contribution in [0.4, 0.5) is 0 Å². The molecule has 0 bridgehead atoms. The van der Waals surface area contributed by atoms with Gasteiger partial charge in [0.1, 0.15) is 12.2 Å². The summed E-state index contributed by atoms with van der Waals surface area (Å²) in [4.78, 5) is 20.7. The van der Waals surface area contributed by atoms with Crippen molar-refractivity contribution in [1.82, 2.24) is 0 Å². The van der Waals surface area contributed by atoms with E-state index in [0.29, 0.717) is 0 Å². The molecule has 1 aliphatic heterocycles. The molecule has 0 spiro atoms. The van der Waals surface area contributed by atoms with E-state index < -0.39 is 42.3 Å². The molecule has 0 amide bonds. The molecule has 0 fully saturated rings. The summed E-state index contributed by atoms with van der Waals surface area (Å²) in [5, 5.41) is 47.0. The number of hydrogen-bond acceptors (Lipinski definition) is 8. The zero-order valence-corrected chi connectivity index (χ0v) is 22.5. The first-order valence-corrected chi connectivity index (χ1v) is 12.1. The van der Waals surface area contributed by atoms with Crippen LogP contribution >= 0.6 is 0 Å². The monoisotopic (exact) mass is 498 g/mol. The van der Waals surface area contributed by atoms with Crippen LogP contribution in [0.2, 0.25) is 0 Å². The third-order valence-electron chi connectivity index (χ3n) is 5.44. The third-order valence-corrected chi connectivity index (χ3v) is 5.44. The van der Waals surface area contributed by atoms with Gasteiger partial charge in [-0.2, -0.15) is 0 Å². The van der Waals surface area contributed by atoms with Crippen molar-refractivity contribution in [3.63, 3.8) is 0 Å². The molecule has 0 aromatic rings. The molecule has 0 saturated heterocycles. The second-order valence-electron chi connectivity index (χ2n) is 8.36. The van der Waals surface area contributed by atoms with Gasteiger partial charge in [-0.1, -0.05) is 96.8 Å². The number of rotatable bonds is 18. The molecule has 0 aromatic heterocycles. The van der Waals surface area contributed by atoms with E-state index >= 15 is 0 Å². The summed E-state index contributed by atoms with van der Waals surface area (Å²) in [6.07, 6.45) is 16.9. The standard InChI is InChI=1S/C18H36O2.C6H8O6.Ca/c1-2-3-4-5-6-7-8-9-10-11-12-13-14-15-16-17-18(19)20;7-1-2(8)5-3(9)4(10)6(11)12-5;/h2-17H2,1H3,(H,19,20);2,5,7-10H,1H2;/q;;+2/p-2/t;2-,5+;/m.0./s1. The summed E-state index contributed by atoms with van der Waals surface area (Å²) >= 11 is 0. The van der Waals surface area contributed by atoms with Crippen LogP contribution in [0.15, 0.2) is 11.5 Å². The molecule has 0 aromatic carbocycles. The fraction of sp³-hybridized carbons (Fsp3) is 0.833. The Balaban J connectivity index is 0. The van der Waals surface area contributed by atoms with Crippen LogP contribution in [0.3, 0.4) is 0 Å². The Kier molecular flexibility index (Phi) is 24.4. The third kappa shape index (κ3) is 18.5. The molecule has 2 atom stereocenters. The van der Waals surface area contributed by atoms with Gasteiger partial charge in [-0.25, -0.2) is 4.79 Å². The Morgan fingerprint density at radius 2 is 1.30 bits per heavy atom. The molecule has 8 nitrogen and oxygen atoms in total. The van der Waals surface area contributed by atoms with E-state index in [4.69, 9.17) is 15.3 Å². The first-order chi connectivity index (χ1) is 15.3. The van der Waals surface area contributed by atoms with Crippen molar-refractivity contribution in [3.05, 3.63) is 11.5 Å². The zero-order chi connectivity index (χ0) is 24.2. The first-order valence-electron chi connectivity index (χ1n) is 12.1. The van der Waals surface area contributed by atoms with Gasteiger partial charge in [0.15, 0.2) is 5.76 Å². The van der Waals surface area contributed by atoms with Gasteiger partial charge in [-0.15, -0.1) is 0 Å². The van der Waals surface area contributed by atoms with Crippen LogP contribution in [0.1, 0.15) is 110 Å². The van der Waals surface area contributed by atoms with Crippen molar-refractivity contribution in [2.75, 3.05) is 6.61 Å². The first kappa shape index (κ1) is 34.6. The molecule has 0 radical (unpaired) electrons. The number of carbonyl (C=O) groups is 2. The minimum atomic E-state index is -1.48. The molecule has 3 N–H and O–H groups in total. The van der Waals surface area contributed by atoms with Crippen molar-refractivity contribution in [3.8, 4) is 0 Å². The van der Waals surface area contributed by atoms with Gasteiger partial charge in [0.2, 0.25) is 0 Å². The molecule has 0 aliphatic carbocycles. The van der Waals surface area contributed by atoms with Crippen molar-refractivity contribution >= 4 is 49.7 Å². The Morgan fingerprint density at radius 3 is 1.61 bits per heavy atom. The number of aliphatic carboxylic acids is 1. The number of carboxylic acid groups (broad SMARTS) is 1. The zero-order valence-electron chi connectivity index (χ0n) is 20.3. The number of aliphatic hydroxyl groups is 3. The molecular formula is C24H42CaO8. The number of ether oxygens (including phenoxy) is 1. The van der Waals surface area contributed by atoms with E-state index in [9.17, 15) is 19.8 Å². The van der Waals surface area contributed by atoms with Gasteiger partial charge >= 0.3 is 43.7 Å². The van der Waals surface area contributed by atoms with Crippen LogP contribution in [-0.2, 0) is 14.3 Å². The SMILES string of the molecule is CCCCCCCCCCCCCCCCCC(=O)[O-].O=C1O[C@H]([C@@H](O)CO)C([O-])=C1O.[Ca+2]. The summed E-state index contributed by atoms with van der Waals surface area (Å²) in [6, 6.07) is 0. The minimum absolute atomic E-state index is 0. The predicted molar refractivity (Wildman–Crippen MR) is 123 cm³/mol. The quantitative estimate of drug-likeness (QED) is 0.148. The Morgan fingerprint density at radius 1 is 0.909 bits per heavy atom. The molecule has 33 heavy (non-hydrogen) atoms. The maximum absolute atomic E-state index is 10.8. The molecule has 0 unspecified atom stereocenters. The molecule has 1 aliphatic rings. The number of unbranched alkanes of at least 4 members (excludes halogenated alkanes) is 14. The predicted octanol–water partition coefficient (Wildman–Crippen LogP) is 2.01. The van der Waals surface area contributed by atoms with Gasteiger partial charge < -0.3 is 35.1 Å². The van der Waals surface area contributed by atoms with Gasteiger partial charge in [-0.3, -0.25) is 0 Å². The molecular weight excluding hydrogens is 456 g/mol. The number of hydrogen-bond donors (Lipinski definition) is 3. The normalized spacial score (nSPS) is 16.0. The Labute approximate surface area is 228 Å². The average molecular weight is 499 g/mol. The topological polar surface area (TPSA) is 150 Å². The van der Waals surface area contributed by atoms with Gasteiger partial charge in [-0.05, 0) is 18.6 Å². The van der Waals surface area contributed by atoms with Gasteiger partial charge in [0, 0.05) is 5.97 Å². The smallest absolute Gasteiger partial charge is 0.870 e. The van der Waals surface area contributed by atoms with Gasteiger partial charge in [0.25, 0.3) is 0 Å². The Bertz CT molecular complexity index is 539. The van der Waals surface area contributed by atoms with E-state index in [-0.39, 0.29) is 44.2 Å². The maximum Gasteiger partial charge on any atom is 2.00 e. The van der Waals surface area contributed by atoms with Crippen molar-refractivity contribution in [2.24, 2.45) is 0 Å². The molecule has 188 valence electrons. The van der Waals surface area contributed by atoms with Crippen LogP contribution in [0, 0.1) is 0 Å². The summed E-state index contributed by atoms with van der Waals surface area (Å²) in [5.74, 6) is -4.11. The minimum Gasteiger partial charge on any atom is -0.870 e. The second kappa shape index (κ2) is 23.2. The molecule has 1 rings (SSSR count).